The summed E-state index contributed by atoms with van der Waals surface area (Å²) in [6.07, 6.45) is 1.58. The minimum absolute atomic E-state index is 0.125. The Balaban J connectivity index is 1.78. The summed E-state index contributed by atoms with van der Waals surface area (Å²) in [5.74, 6) is -0.240. The van der Waals surface area contributed by atoms with E-state index in [0.717, 1.165) is 22.5 Å². The van der Waals surface area contributed by atoms with Crippen molar-refractivity contribution in [3.8, 4) is 0 Å². The third-order valence-corrected chi connectivity index (χ3v) is 3.18. The van der Waals surface area contributed by atoms with Gasteiger partial charge in [-0.05, 0) is 42.3 Å². The van der Waals surface area contributed by atoms with Gasteiger partial charge in [-0.2, -0.15) is 0 Å². The van der Waals surface area contributed by atoms with Gasteiger partial charge in [0.2, 0.25) is 0 Å². The molecule has 0 aliphatic rings. The first kappa shape index (κ1) is 16.5. The van der Waals surface area contributed by atoms with Crippen molar-refractivity contribution in [3.63, 3.8) is 0 Å². The van der Waals surface area contributed by atoms with Crippen molar-refractivity contribution in [1.82, 2.24) is 0 Å². The van der Waals surface area contributed by atoms with Crippen LogP contribution in [0, 0.1) is 6.92 Å². The summed E-state index contributed by atoms with van der Waals surface area (Å²) >= 11 is 0. The van der Waals surface area contributed by atoms with E-state index in [9.17, 15) is 4.79 Å². The number of oxime groups is 1. The number of amides is 1. The Morgan fingerprint density at radius 2 is 1.96 bits per heavy atom. The van der Waals surface area contributed by atoms with Crippen LogP contribution in [-0.2, 0) is 9.63 Å². The SMILES string of the molecule is Cc1cccc(NC(=O)CO/N=C\c2ccc(N(C)C)cc2)c1. The van der Waals surface area contributed by atoms with Crippen LogP contribution in [0.1, 0.15) is 11.1 Å². The summed E-state index contributed by atoms with van der Waals surface area (Å²) < 4.78 is 0. The van der Waals surface area contributed by atoms with Crippen molar-refractivity contribution in [2.45, 2.75) is 6.92 Å². The maximum Gasteiger partial charge on any atom is 0.265 e. The molecule has 120 valence electrons. The number of carbonyl (C=O) groups excluding carboxylic acids is 1. The summed E-state index contributed by atoms with van der Waals surface area (Å²) in [5.41, 5.74) is 3.86. The first-order valence-corrected chi connectivity index (χ1v) is 7.34. The quantitative estimate of drug-likeness (QED) is 0.659. The lowest BCUT2D eigenvalue weighted by Gasteiger charge is -2.11. The van der Waals surface area contributed by atoms with Gasteiger partial charge < -0.3 is 15.1 Å². The van der Waals surface area contributed by atoms with Gasteiger partial charge in [-0.25, -0.2) is 0 Å². The molecule has 5 nitrogen and oxygen atoms in total. The van der Waals surface area contributed by atoms with E-state index in [1.165, 1.54) is 0 Å². The summed E-state index contributed by atoms with van der Waals surface area (Å²) in [6.45, 7) is 1.85. The second-order valence-corrected chi connectivity index (χ2v) is 5.41. The summed E-state index contributed by atoms with van der Waals surface area (Å²) in [7, 11) is 3.97. The Morgan fingerprint density at radius 3 is 2.61 bits per heavy atom. The summed E-state index contributed by atoms with van der Waals surface area (Å²) in [5, 5.41) is 6.57. The largest absolute Gasteiger partial charge is 0.386 e. The number of hydrogen-bond donors (Lipinski definition) is 1. The number of carbonyl (C=O) groups is 1. The molecule has 0 heterocycles. The third-order valence-electron chi connectivity index (χ3n) is 3.18. The van der Waals surface area contributed by atoms with Crippen LogP contribution in [0.15, 0.2) is 53.7 Å². The maximum atomic E-state index is 11.7. The van der Waals surface area contributed by atoms with Gasteiger partial charge in [0.05, 0.1) is 6.21 Å². The molecule has 0 saturated carbocycles. The molecule has 0 aliphatic carbocycles. The zero-order chi connectivity index (χ0) is 16.7. The highest BCUT2D eigenvalue weighted by Gasteiger charge is 2.02. The van der Waals surface area contributed by atoms with Crippen LogP contribution in [0.25, 0.3) is 0 Å². The molecule has 0 fully saturated rings. The van der Waals surface area contributed by atoms with Gasteiger partial charge in [0.1, 0.15) is 0 Å². The molecule has 2 aromatic carbocycles. The molecule has 1 amide bonds. The number of aryl methyl sites for hydroxylation is 1. The summed E-state index contributed by atoms with van der Waals surface area (Å²) in [6, 6.07) is 15.5. The molecule has 0 aromatic heterocycles. The van der Waals surface area contributed by atoms with Crippen LogP contribution in [0.5, 0.6) is 0 Å². The Kier molecular flexibility index (Phi) is 5.74. The smallest absolute Gasteiger partial charge is 0.265 e. The van der Waals surface area contributed by atoms with Crippen molar-refractivity contribution < 1.29 is 9.63 Å². The van der Waals surface area contributed by atoms with Crippen LogP contribution in [-0.4, -0.2) is 32.8 Å². The Hall–Kier alpha value is -2.82. The van der Waals surface area contributed by atoms with E-state index in [2.05, 4.69) is 10.5 Å². The third kappa shape index (κ3) is 5.47. The fourth-order valence-electron chi connectivity index (χ4n) is 1.97. The molecule has 0 radical (unpaired) electrons. The highest BCUT2D eigenvalue weighted by atomic mass is 16.6. The Bertz CT molecular complexity index is 679. The van der Waals surface area contributed by atoms with Crippen LogP contribution in [0.2, 0.25) is 0 Å². The standard InChI is InChI=1S/C18H21N3O2/c1-14-5-4-6-16(11-14)20-18(22)13-23-19-12-15-7-9-17(10-8-15)21(2)3/h4-12H,13H2,1-3H3,(H,20,22)/b19-12-. The van der Waals surface area contributed by atoms with Crippen molar-refractivity contribution in [2.75, 3.05) is 30.9 Å². The number of hydrogen-bond acceptors (Lipinski definition) is 4. The molecule has 2 aromatic rings. The lowest BCUT2D eigenvalue weighted by atomic mass is 10.2. The van der Waals surface area contributed by atoms with E-state index in [0.29, 0.717) is 0 Å². The minimum Gasteiger partial charge on any atom is -0.386 e. The highest BCUT2D eigenvalue weighted by Crippen LogP contribution is 2.11. The molecule has 23 heavy (non-hydrogen) atoms. The maximum absolute atomic E-state index is 11.7. The van der Waals surface area contributed by atoms with Gasteiger partial charge in [-0.15, -0.1) is 0 Å². The molecule has 0 saturated heterocycles. The van der Waals surface area contributed by atoms with E-state index in [-0.39, 0.29) is 12.5 Å². The van der Waals surface area contributed by atoms with Crippen molar-refractivity contribution in [1.29, 1.82) is 0 Å². The van der Waals surface area contributed by atoms with Crippen LogP contribution in [0.3, 0.4) is 0 Å². The van der Waals surface area contributed by atoms with Gasteiger partial charge in [0.15, 0.2) is 6.61 Å². The van der Waals surface area contributed by atoms with E-state index >= 15 is 0 Å². The fourth-order valence-corrected chi connectivity index (χ4v) is 1.97. The molecular weight excluding hydrogens is 290 g/mol. The Labute approximate surface area is 136 Å². The number of nitrogens with one attached hydrogen (secondary N) is 1. The minimum atomic E-state index is -0.240. The first-order valence-electron chi connectivity index (χ1n) is 7.34. The van der Waals surface area contributed by atoms with Gasteiger partial charge in [-0.1, -0.05) is 29.4 Å². The highest BCUT2D eigenvalue weighted by molar-refractivity contribution is 5.91. The van der Waals surface area contributed by atoms with Crippen molar-refractivity contribution in [3.05, 3.63) is 59.7 Å². The molecule has 0 unspecified atom stereocenters. The molecule has 0 aliphatic heterocycles. The molecule has 1 N–H and O–H groups in total. The van der Waals surface area contributed by atoms with E-state index < -0.39 is 0 Å². The average molecular weight is 311 g/mol. The predicted octanol–water partition coefficient (Wildman–Crippen LogP) is 3.05. The predicted molar refractivity (Wildman–Crippen MR) is 94.1 cm³/mol. The normalized spacial score (nSPS) is 10.6. The molecule has 0 atom stereocenters. The summed E-state index contributed by atoms with van der Waals surface area (Å²) in [4.78, 5) is 18.8. The molecule has 0 spiro atoms. The second kappa shape index (κ2) is 7.98. The van der Waals surface area contributed by atoms with E-state index in [4.69, 9.17) is 4.84 Å². The molecule has 5 heteroatoms. The number of benzene rings is 2. The van der Waals surface area contributed by atoms with Crippen LogP contribution in [0.4, 0.5) is 11.4 Å². The lowest BCUT2D eigenvalue weighted by Crippen LogP contribution is -2.16. The second-order valence-electron chi connectivity index (χ2n) is 5.41. The van der Waals surface area contributed by atoms with Crippen molar-refractivity contribution >= 4 is 23.5 Å². The van der Waals surface area contributed by atoms with Crippen molar-refractivity contribution in [2.24, 2.45) is 5.16 Å². The fraction of sp³-hybridized carbons (Fsp3) is 0.222. The monoisotopic (exact) mass is 311 g/mol. The molecular formula is C18H21N3O2. The van der Waals surface area contributed by atoms with Crippen LogP contribution >= 0.6 is 0 Å². The van der Waals surface area contributed by atoms with E-state index in [1.807, 2.05) is 74.4 Å². The number of anilines is 2. The number of nitrogens with zero attached hydrogens (tertiary/aromatic N) is 2. The molecule has 0 bridgehead atoms. The van der Waals surface area contributed by atoms with Gasteiger partial charge >= 0.3 is 0 Å². The molecule has 2 rings (SSSR count). The first-order chi connectivity index (χ1) is 11.0. The zero-order valence-corrected chi connectivity index (χ0v) is 13.6. The number of rotatable bonds is 6. The topological polar surface area (TPSA) is 53.9 Å². The lowest BCUT2D eigenvalue weighted by molar-refractivity contribution is -0.120. The van der Waals surface area contributed by atoms with Gasteiger partial charge in [0.25, 0.3) is 5.91 Å². The van der Waals surface area contributed by atoms with E-state index in [1.54, 1.807) is 6.21 Å². The zero-order valence-electron chi connectivity index (χ0n) is 13.6. The van der Waals surface area contributed by atoms with Crippen LogP contribution < -0.4 is 10.2 Å². The van der Waals surface area contributed by atoms with Gasteiger partial charge in [-0.3, -0.25) is 4.79 Å². The average Bonchev–Trinajstić information content (AvgIpc) is 2.52. The Morgan fingerprint density at radius 1 is 1.22 bits per heavy atom. The van der Waals surface area contributed by atoms with Gasteiger partial charge in [0, 0.05) is 25.5 Å².